The van der Waals surface area contributed by atoms with Gasteiger partial charge < -0.3 is 4.74 Å². The number of halogens is 2. The maximum absolute atomic E-state index is 12.5. The van der Waals surface area contributed by atoms with Crippen LogP contribution in [-0.2, 0) is 18.0 Å². The van der Waals surface area contributed by atoms with Crippen LogP contribution in [0.2, 0.25) is 5.02 Å². The Bertz CT molecular complexity index is 667. The lowest BCUT2D eigenvalue weighted by molar-refractivity contribution is 0.103. The van der Waals surface area contributed by atoms with Crippen molar-refractivity contribution in [2.45, 2.75) is 13.2 Å². The summed E-state index contributed by atoms with van der Waals surface area (Å²) in [6, 6.07) is 10.9. The molecule has 3 rings (SSSR count). The minimum atomic E-state index is -0.0685. The van der Waals surface area contributed by atoms with E-state index in [9.17, 15) is 4.79 Å². The van der Waals surface area contributed by atoms with E-state index in [4.69, 9.17) is 16.3 Å². The monoisotopic (exact) mass is 336 g/mol. The highest BCUT2D eigenvalue weighted by atomic mass is 79.9. The van der Waals surface area contributed by atoms with Crippen molar-refractivity contribution < 1.29 is 9.53 Å². The van der Waals surface area contributed by atoms with E-state index in [0.29, 0.717) is 29.4 Å². The van der Waals surface area contributed by atoms with Crippen molar-refractivity contribution in [2.75, 3.05) is 0 Å². The fourth-order valence-electron chi connectivity index (χ4n) is 2.14. The number of fused-ring (bicyclic) bond motifs is 1. The molecule has 0 saturated carbocycles. The van der Waals surface area contributed by atoms with Crippen molar-refractivity contribution in [1.82, 2.24) is 0 Å². The molecule has 0 spiro atoms. The van der Waals surface area contributed by atoms with Gasteiger partial charge in [-0.1, -0.05) is 39.7 Å². The predicted octanol–water partition coefficient (Wildman–Crippen LogP) is 4.36. The Morgan fingerprint density at radius 1 is 1.11 bits per heavy atom. The first-order chi connectivity index (χ1) is 9.15. The third-order valence-corrected chi connectivity index (χ3v) is 3.98. The molecule has 0 radical (unpaired) electrons. The minimum Gasteiger partial charge on any atom is -0.372 e. The third kappa shape index (κ3) is 2.46. The van der Waals surface area contributed by atoms with Crippen LogP contribution in [0.25, 0.3) is 0 Å². The van der Waals surface area contributed by atoms with Gasteiger partial charge in [-0.3, -0.25) is 4.79 Å². The van der Waals surface area contributed by atoms with E-state index < -0.39 is 0 Å². The Labute approximate surface area is 124 Å². The first kappa shape index (κ1) is 12.9. The summed E-state index contributed by atoms with van der Waals surface area (Å²) in [5.41, 5.74) is 3.38. The number of ketones is 1. The molecular weight excluding hydrogens is 328 g/mol. The zero-order chi connectivity index (χ0) is 13.4. The average Bonchev–Trinajstić information content (AvgIpc) is 2.88. The van der Waals surface area contributed by atoms with Crippen molar-refractivity contribution in [3.63, 3.8) is 0 Å². The van der Waals surface area contributed by atoms with Gasteiger partial charge in [-0.05, 0) is 35.4 Å². The van der Waals surface area contributed by atoms with Crippen LogP contribution in [0.15, 0.2) is 40.9 Å². The second-order valence-corrected chi connectivity index (χ2v) is 5.75. The summed E-state index contributed by atoms with van der Waals surface area (Å²) in [5.74, 6) is -0.0685. The molecule has 2 aromatic rings. The number of benzene rings is 2. The number of hydrogen-bond donors (Lipinski definition) is 0. The topological polar surface area (TPSA) is 26.3 Å². The summed E-state index contributed by atoms with van der Waals surface area (Å²) >= 11 is 9.45. The SMILES string of the molecule is O=C(c1ccc2c(c1)COC2)c1cc(Br)ccc1Cl. The summed E-state index contributed by atoms with van der Waals surface area (Å²) in [6.07, 6.45) is 0. The number of rotatable bonds is 2. The van der Waals surface area contributed by atoms with Crippen LogP contribution in [0, 0.1) is 0 Å². The molecule has 0 amide bonds. The maximum atomic E-state index is 12.5. The highest BCUT2D eigenvalue weighted by Gasteiger charge is 2.17. The lowest BCUT2D eigenvalue weighted by Gasteiger charge is -2.06. The third-order valence-electron chi connectivity index (χ3n) is 3.16. The van der Waals surface area contributed by atoms with Gasteiger partial charge in [0.15, 0.2) is 5.78 Å². The van der Waals surface area contributed by atoms with Gasteiger partial charge in [0.2, 0.25) is 0 Å². The molecule has 2 aromatic carbocycles. The standard InChI is InChI=1S/C15H10BrClO2/c16-12-3-4-14(17)13(6-12)15(18)9-1-2-10-7-19-8-11(10)5-9/h1-6H,7-8H2. The van der Waals surface area contributed by atoms with Crippen LogP contribution in [0.1, 0.15) is 27.0 Å². The Kier molecular flexibility index (Phi) is 3.44. The van der Waals surface area contributed by atoms with Crippen LogP contribution in [0.3, 0.4) is 0 Å². The zero-order valence-corrected chi connectivity index (χ0v) is 12.3. The molecule has 0 unspecified atom stereocenters. The first-order valence-corrected chi connectivity index (χ1v) is 7.01. The fourth-order valence-corrected chi connectivity index (χ4v) is 2.70. The normalized spacial score (nSPS) is 13.4. The lowest BCUT2D eigenvalue weighted by Crippen LogP contribution is -2.03. The highest BCUT2D eigenvalue weighted by Crippen LogP contribution is 2.26. The van der Waals surface area contributed by atoms with Crippen LogP contribution in [-0.4, -0.2) is 5.78 Å². The van der Waals surface area contributed by atoms with Crippen molar-refractivity contribution in [3.05, 3.63) is 68.1 Å². The van der Waals surface area contributed by atoms with Gasteiger partial charge >= 0.3 is 0 Å². The molecule has 0 atom stereocenters. The van der Waals surface area contributed by atoms with E-state index in [1.807, 2.05) is 24.3 Å². The molecule has 0 aromatic heterocycles. The van der Waals surface area contributed by atoms with E-state index in [1.54, 1.807) is 12.1 Å². The number of carbonyl (C=O) groups is 1. The summed E-state index contributed by atoms with van der Waals surface area (Å²) in [6.45, 7) is 1.20. The minimum absolute atomic E-state index is 0.0685. The summed E-state index contributed by atoms with van der Waals surface area (Å²) in [5, 5.41) is 0.463. The van der Waals surface area contributed by atoms with E-state index >= 15 is 0 Å². The van der Waals surface area contributed by atoms with Gasteiger partial charge in [-0.2, -0.15) is 0 Å². The molecule has 0 N–H and O–H groups in total. The van der Waals surface area contributed by atoms with Gasteiger partial charge in [0, 0.05) is 15.6 Å². The van der Waals surface area contributed by atoms with Crippen molar-refractivity contribution in [1.29, 1.82) is 0 Å². The fraction of sp³-hybridized carbons (Fsp3) is 0.133. The molecule has 1 aliphatic heterocycles. The van der Waals surface area contributed by atoms with Crippen LogP contribution < -0.4 is 0 Å². The van der Waals surface area contributed by atoms with Gasteiger partial charge in [0.05, 0.1) is 18.2 Å². The van der Waals surface area contributed by atoms with E-state index in [2.05, 4.69) is 15.9 Å². The Balaban J connectivity index is 2.02. The molecule has 0 saturated heterocycles. The Hall–Kier alpha value is -1.16. The van der Waals surface area contributed by atoms with E-state index in [-0.39, 0.29) is 5.78 Å². The quantitative estimate of drug-likeness (QED) is 0.761. The molecule has 4 heteroatoms. The Morgan fingerprint density at radius 3 is 2.74 bits per heavy atom. The molecule has 0 fully saturated rings. The second-order valence-electron chi connectivity index (χ2n) is 4.43. The average molecular weight is 338 g/mol. The molecule has 19 heavy (non-hydrogen) atoms. The predicted molar refractivity (Wildman–Crippen MR) is 77.5 cm³/mol. The van der Waals surface area contributed by atoms with Crippen LogP contribution in [0.5, 0.6) is 0 Å². The maximum Gasteiger partial charge on any atom is 0.194 e. The summed E-state index contributed by atoms with van der Waals surface area (Å²) in [4.78, 5) is 12.5. The Morgan fingerprint density at radius 2 is 1.89 bits per heavy atom. The van der Waals surface area contributed by atoms with E-state index in [0.717, 1.165) is 15.6 Å². The number of hydrogen-bond acceptors (Lipinski definition) is 2. The van der Waals surface area contributed by atoms with Crippen molar-refractivity contribution >= 4 is 33.3 Å². The highest BCUT2D eigenvalue weighted by molar-refractivity contribution is 9.10. The van der Waals surface area contributed by atoms with Crippen molar-refractivity contribution in [2.24, 2.45) is 0 Å². The van der Waals surface area contributed by atoms with Gasteiger partial charge in [-0.15, -0.1) is 0 Å². The molecular formula is C15H10BrClO2. The number of ether oxygens (including phenoxy) is 1. The van der Waals surface area contributed by atoms with Crippen LogP contribution >= 0.6 is 27.5 Å². The van der Waals surface area contributed by atoms with Gasteiger partial charge in [0.25, 0.3) is 0 Å². The summed E-state index contributed by atoms with van der Waals surface area (Å²) < 4.78 is 6.19. The smallest absolute Gasteiger partial charge is 0.194 e. The molecule has 1 aliphatic rings. The summed E-state index contributed by atoms with van der Waals surface area (Å²) in [7, 11) is 0. The largest absolute Gasteiger partial charge is 0.372 e. The van der Waals surface area contributed by atoms with E-state index in [1.165, 1.54) is 0 Å². The second kappa shape index (κ2) is 5.08. The zero-order valence-electron chi connectivity index (χ0n) is 9.95. The molecule has 0 aliphatic carbocycles. The van der Waals surface area contributed by atoms with Gasteiger partial charge in [-0.25, -0.2) is 0 Å². The molecule has 96 valence electrons. The number of carbonyl (C=O) groups excluding carboxylic acids is 1. The van der Waals surface area contributed by atoms with Gasteiger partial charge in [0.1, 0.15) is 0 Å². The molecule has 1 heterocycles. The lowest BCUT2D eigenvalue weighted by atomic mass is 9.99. The van der Waals surface area contributed by atoms with Crippen molar-refractivity contribution in [3.8, 4) is 0 Å². The van der Waals surface area contributed by atoms with Crippen LogP contribution in [0.4, 0.5) is 0 Å². The first-order valence-electron chi connectivity index (χ1n) is 5.84. The molecule has 0 bridgehead atoms. The molecule has 2 nitrogen and oxygen atoms in total.